The highest BCUT2D eigenvalue weighted by Gasteiger charge is 2.02. The normalized spacial score (nSPS) is 10.6. The molecule has 0 N–H and O–H groups in total. The predicted molar refractivity (Wildman–Crippen MR) is 59.2 cm³/mol. The summed E-state index contributed by atoms with van der Waals surface area (Å²) in [7, 11) is 0. The fraction of sp³-hybridized carbons (Fsp3) is 0.333. The van der Waals surface area contributed by atoms with E-state index in [4.69, 9.17) is 0 Å². The molecule has 5 heteroatoms. The van der Waals surface area contributed by atoms with E-state index in [1.54, 1.807) is 27.5 Å². The molecule has 0 saturated carbocycles. The predicted octanol–water partition coefficient (Wildman–Crippen LogP) is 1.98. The first-order valence-corrected chi connectivity index (χ1v) is 6.12. The third kappa shape index (κ3) is 1.93. The van der Waals surface area contributed by atoms with Crippen molar-refractivity contribution in [2.24, 2.45) is 0 Å². The van der Waals surface area contributed by atoms with Gasteiger partial charge in [-0.25, -0.2) is 4.98 Å². The van der Waals surface area contributed by atoms with Crippen molar-refractivity contribution in [1.82, 2.24) is 9.55 Å². The Hall–Kier alpha value is -0.940. The van der Waals surface area contributed by atoms with Gasteiger partial charge < -0.3 is 0 Å². The first kappa shape index (κ1) is 9.61. The second-order valence-electron chi connectivity index (χ2n) is 2.88. The Balaban J connectivity index is 2.19. The first-order valence-electron chi connectivity index (χ1n) is 4.37. The summed E-state index contributed by atoms with van der Waals surface area (Å²) in [5.74, 6) is 0. The van der Waals surface area contributed by atoms with Gasteiger partial charge in [0.1, 0.15) is 0 Å². The fourth-order valence-electron chi connectivity index (χ4n) is 1.17. The van der Waals surface area contributed by atoms with Crippen LogP contribution in [0.1, 0.15) is 17.6 Å². The molecule has 14 heavy (non-hydrogen) atoms. The highest BCUT2D eigenvalue weighted by atomic mass is 32.1. The lowest BCUT2D eigenvalue weighted by Crippen LogP contribution is -2.12. The van der Waals surface area contributed by atoms with E-state index in [0.29, 0.717) is 6.54 Å². The molecule has 0 aliphatic rings. The summed E-state index contributed by atoms with van der Waals surface area (Å²) in [5.41, 5.74) is 0.979. The van der Waals surface area contributed by atoms with Gasteiger partial charge in [0.25, 0.3) is 0 Å². The second kappa shape index (κ2) is 4.06. The van der Waals surface area contributed by atoms with Gasteiger partial charge in [-0.05, 0) is 6.42 Å². The van der Waals surface area contributed by atoms with Crippen LogP contribution in [0.2, 0.25) is 0 Å². The number of thiazole rings is 2. The molecule has 2 aromatic rings. The molecule has 0 bridgehead atoms. The van der Waals surface area contributed by atoms with Crippen LogP contribution in [0, 0.1) is 0 Å². The molecule has 0 radical (unpaired) electrons. The summed E-state index contributed by atoms with van der Waals surface area (Å²) in [5, 5.41) is 4.95. The van der Waals surface area contributed by atoms with Crippen molar-refractivity contribution in [3.63, 3.8) is 0 Å². The Morgan fingerprint density at radius 3 is 2.93 bits per heavy atom. The van der Waals surface area contributed by atoms with Crippen LogP contribution in [0.5, 0.6) is 0 Å². The number of hydrogen-bond acceptors (Lipinski definition) is 4. The van der Waals surface area contributed by atoms with Crippen LogP contribution < -0.4 is 4.87 Å². The van der Waals surface area contributed by atoms with Crippen molar-refractivity contribution in [3.8, 4) is 0 Å². The molecule has 0 aliphatic carbocycles. The average molecular weight is 226 g/mol. The minimum Gasteiger partial charge on any atom is -0.300 e. The standard InChI is InChI=1S/C9H10N2OS2/c1-2-8-10-7(6-14-8)5-11-3-4-13-9(11)12/h3-4,6H,2,5H2,1H3. The van der Waals surface area contributed by atoms with E-state index in [-0.39, 0.29) is 4.87 Å². The minimum atomic E-state index is 0.0797. The summed E-state index contributed by atoms with van der Waals surface area (Å²) < 4.78 is 1.68. The summed E-state index contributed by atoms with van der Waals surface area (Å²) in [4.78, 5) is 15.7. The maximum Gasteiger partial charge on any atom is 0.307 e. The molecule has 2 rings (SSSR count). The molecular weight excluding hydrogens is 216 g/mol. The lowest BCUT2D eigenvalue weighted by Gasteiger charge is -1.95. The van der Waals surface area contributed by atoms with Gasteiger partial charge in [0, 0.05) is 17.0 Å². The Kier molecular flexibility index (Phi) is 2.79. The third-order valence-electron chi connectivity index (χ3n) is 1.88. The molecule has 0 aromatic carbocycles. The molecule has 2 heterocycles. The number of rotatable bonds is 3. The van der Waals surface area contributed by atoms with Crippen LogP contribution in [0.25, 0.3) is 0 Å². The van der Waals surface area contributed by atoms with E-state index in [9.17, 15) is 4.79 Å². The molecule has 0 atom stereocenters. The van der Waals surface area contributed by atoms with E-state index in [1.165, 1.54) is 11.3 Å². The van der Waals surface area contributed by atoms with Crippen LogP contribution in [0.15, 0.2) is 21.8 Å². The SMILES string of the molecule is CCc1nc(Cn2ccsc2=O)cs1. The summed E-state index contributed by atoms with van der Waals surface area (Å²) >= 11 is 2.87. The number of hydrogen-bond donors (Lipinski definition) is 0. The lowest BCUT2D eigenvalue weighted by molar-refractivity contribution is 0.762. The van der Waals surface area contributed by atoms with Crippen molar-refractivity contribution in [2.75, 3.05) is 0 Å². The quantitative estimate of drug-likeness (QED) is 0.802. The van der Waals surface area contributed by atoms with Gasteiger partial charge in [0.2, 0.25) is 0 Å². The highest BCUT2D eigenvalue weighted by Crippen LogP contribution is 2.10. The van der Waals surface area contributed by atoms with Crippen LogP contribution in [0.3, 0.4) is 0 Å². The molecule has 2 aromatic heterocycles. The maximum atomic E-state index is 11.3. The van der Waals surface area contributed by atoms with Crippen LogP contribution in [-0.2, 0) is 13.0 Å². The average Bonchev–Trinajstić information content (AvgIpc) is 2.77. The van der Waals surface area contributed by atoms with Crippen LogP contribution in [0.4, 0.5) is 0 Å². The molecule has 0 saturated heterocycles. The molecule has 0 fully saturated rings. The topological polar surface area (TPSA) is 34.9 Å². The van der Waals surface area contributed by atoms with Crippen molar-refractivity contribution in [3.05, 3.63) is 37.3 Å². The third-order valence-corrected chi connectivity index (χ3v) is 3.61. The fourth-order valence-corrected chi connectivity index (χ4v) is 2.49. The van der Waals surface area contributed by atoms with Gasteiger partial charge in [-0.3, -0.25) is 9.36 Å². The van der Waals surface area contributed by atoms with Crippen LogP contribution >= 0.6 is 22.7 Å². The highest BCUT2D eigenvalue weighted by molar-refractivity contribution is 7.09. The number of aromatic nitrogens is 2. The Labute approximate surface area is 89.7 Å². The molecule has 0 unspecified atom stereocenters. The first-order chi connectivity index (χ1) is 6.79. The van der Waals surface area contributed by atoms with Gasteiger partial charge in [0.05, 0.1) is 17.2 Å². The summed E-state index contributed by atoms with van der Waals surface area (Å²) in [6, 6.07) is 0. The zero-order chi connectivity index (χ0) is 9.97. The zero-order valence-corrected chi connectivity index (χ0v) is 9.40. The van der Waals surface area contributed by atoms with Crippen molar-refractivity contribution >= 4 is 22.7 Å². The summed E-state index contributed by atoms with van der Waals surface area (Å²) in [6.45, 7) is 2.68. The van der Waals surface area contributed by atoms with Crippen molar-refractivity contribution < 1.29 is 0 Å². The zero-order valence-electron chi connectivity index (χ0n) is 7.77. The minimum absolute atomic E-state index is 0.0797. The smallest absolute Gasteiger partial charge is 0.300 e. The van der Waals surface area contributed by atoms with Gasteiger partial charge >= 0.3 is 4.87 Å². The van der Waals surface area contributed by atoms with Crippen molar-refractivity contribution in [2.45, 2.75) is 19.9 Å². The van der Waals surface area contributed by atoms with Crippen molar-refractivity contribution in [1.29, 1.82) is 0 Å². The molecular formula is C9H10N2OS2. The summed E-state index contributed by atoms with van der Waals surface area (Å²) in [6.07, 6.45) is 2.77. The Morgan fingerprint density at radius 2 is 2.36 bits per heavy atom. The van der Waals surface area contributed by atoms with E-state index in [0.717, 1.165) is 17.1 Å². The van der Waals surface area contributed by atoms with E-state index in [2.05, 4.69) is 11.9 Å². The molecule has 3 nitrogen and oxygen atoms in total. The van der Waals surface area contributed by atoms with E-state index >= 15 is 0 Å². The molecule has 0 amide bonds. The van der Waals surface area contributed by atoms with Gasteiger partial charge in [-0.1, -0.05) is 18.3 Å². The molecule has 0 aliphatic heterocycles. The van der Waals surface area contributed by atoms with Gasteiger partial charge in [-0.2, -0.15) is 0 Å². The van der Waals surface area contributed by atoms with Gasteiger partial charge in [-0.15, -0.1) is 11.3 Å². The van der Waals surface area contributed by atoms with Gasteiger partial charge in [0.15, 0.2) is 0 Å². The number of aryl methyl sites for hydroxylation is 1. The largest absolute Gasteiger partial charge is 0.307 e. The van der Waals surface area contributed by atoms with Crippen LogP contribution in [-0.4, -0.2) is 9.55 Å². The molecule has 0 spiro atoms. The Morgan fingerprint density at radius 1 is 1.50 bits per heavy atom. The lowest BCUT2D eigenvalue weighted by atomic mass is 10.4. The van der Waals surface area contributed by atoms with E-state index in [1.807, 2.05) is 5.38 Å². The van der Waals surface area contributed by atoms with E-state index < -0.39 is 0 Å². The maximum absolute atomic E-state index is 11.3. The molecule has 74 valence electrons. The Bertz CT molecular complexity index is 469. The monoisotopic (exact) mass is 226 g/mol. The second-order valence-corrected chi connectivity index (χ2v) is 4.68. The number of nitrogens with zero attached hydrogens (tertiary/aromatic N) is 2.